The fraction of sp³-hybridized carbons (Fsp3) is 0.208. The number of nitrogens with two attached hydrogens (primary N) is 1. The molecule has 174 valence electrons. The first-order valence-corrected chi connectivity index (χ1v) is 11.4. The fourth-order valence-electron chi connectivity index (χ4n) is 3.08. The summed E-state index contributed by atoms with van der Waals surface area (Å²) in [6.07, 6.45) is 0.0958. The third kappa shape index (κ3) is 7.01. The van der Waals surface area contributed by atoms with Crippen molar-refractivity contribution in [2.45, 2.75) is 25.7 Å². The molecular weight excluding hydrogens is 533 g/mol. The highest BCUT2D eigenvalue weighted by atomic mass is 79.9. The van der Waals surface area contributed by atoms with E-state index < -0.39 is 12.0 Å². The van der Waals surface area contributed by atoms with Crippen LogP contribution >= 0.6 is 39.1 Å². The van der Waals surface area contributed by atoms with Crippen molar-refractivity contribution >= 4 is 45.1 Å². The topological polar surface area (TPSA) is 91.0 Å². The minimum absolute atomic E-state index is 0.0958. The molecule has 0 radical (unpaired) electrons. The quantitative estimate of drug-likeness (QED) is 0.325. The van der Waals surface area contributed by atoms with Crippen molar-refractivity contribution in [3.63, 3.8) is 0 Å². The number of carboxylic acid groups (broad SMARTS) is 1. The second-order valence-electron chi connectivity index (χ2n) is 7.22. The lowest BCUT2D eigenvalue weighted by Crippen LogP contribution is -2.32. The zero-order valence-corrected chi connectivity index (χ0v) is 20.8. The van der Waals surface area contributed by atoms with Gasteiger partial charge in [0.05, 0.1) is 17.2 Å². The van der Waals surface area contributed by atoms with Gasteiger partial charge in [-0.2, -0.15) is 0 Å². The Labute approximate surface area is 210 Å². The lowest BCUT2D eigenvalue weighted by atomic mass is 10.1. The van der Waals surface area contributed by atoms with Gasteiger partial charge in [-0.15, -0.1) is 0 Å². The fourth-order valence-corrected chi connectivity index (χ4v) is 4.17. The van der Waals surface area contributed by atoms with Gasteiger partial charge >= 0.3 is 5.97 Å². The summed E-state index contributed by atoms with van der Waals surface area (Å²) in [4.78, 5) is 11.0. The van der Waals surface area contributed by atoms with Gasteiger partial charge in [-0.1, -0.05) is 51.3 Å². The Morgan fingerprint density at radius 1 is 1.03 bits per heavy atom. The van der Waals surface area contributed by atoms with Crippen LogP contribution in [0.3, 0.4) is 0 Å². The van der Waals surface area contributed by atoms with E-state index in [1.54, 1.807) is 25.3 Å². The van der Waals surface area contributed by atoms with Crippen LogP contribution in [0.1, 0.15) is 16.7 Å². The van der Waals surface area contributed by atoms with E-state index in [9.17, 15) is 4.79 Å². The van der Waals surface area contributed by atoms with Crippen LogP contribution in [0.4, 0.5) is 0 Å². The van der Waals surface area contributed by atoms with Crippen molar-refractivity contribution in [1.82, 2.24) is 0 Å². The number of benzene rings is 3. The summed E-state index contributed by atoms with van der Waals surface area (Å²) < 4.78 is 18.2. The predicted molar refractivity (Wildman–Crippen MR) is 132 cm³/mol. The van der Waals surface area contributed by atoms with Crippen molar-refractivity contribution in [1.29, 1.82) is 0 Å². The molecule has 0 aliphatic heterocycles. The zero-order valence-electron chi connectivity index (χ0n) is 17.7. The average Bonchev–Trinajstić information content (AvgIpc) is 2.77. The minimum Gasteiger partial charge on any atom is -0.497 e. The Hall–Kier alpha value is -2.45. The van der Waals surface area contributed by atoms with Crippen LogP contribution in [0.15, 0.2) is 59.1 Å². The molecule has 0 spiro atoms. The normalized spacial score (nSPS) is 11.7. The van der Waals surface area contributed by atoms with E-state index in [4.69, 9.17) is 48.3 Å². The first-order valence-electron chi connectivity index (χ1n) is 9.90. The third-order valence-corrected chi connectivity index (χ3v) is 5.81. The van der Waals surface area contributed by atoms with Gasteiger partial charge in [0.2, 0.25) is 0 Å². The average molecular weight is 555 g/mol. The molecule has 0 heterocycles. The van der Waals surface area contributed by atoms with Gasteiger partial charge in [-0.3, -0.25) is 4.79 Å². The Balaban J connectivity index is 1.76. The highest BCUT2D eigenvalue weighted by Gasteiger charge is 2.17. The molecule has 0 saturated carbocycles. The molecule has 3 aromatic rings. The van der Waals surface area contributed by atoms with Crippen molar-refractivity contribution in [3.05, 3.63) is 85.8 Å². The summed E-state index contributed by atoms with van der Waals surface area (Å²) in [5.41, 5.74) is 7.95. The van der Waals surface area contributed by atoms with Crippen LogP contribution in [0, 0.1) is 0 Å². The molecular formula is C24H22BrCl2NO5. The summed E-state index contributed by atoms with van der Waals surface area (Å²) in [6, 6.07) is 15.4. The lowest BCUT2D eigenvalue weighted by molar-refractivity contribution is -0.138. The molecule has 0 fully saturated rings. The third-order valence-electron chi connectivity index (χ3n) is 4.75. The van der Waals surface area contributed by atoms with E-state index in [0.717, 1.165) is 15.6 Å². The summed E-state index contributed by atoms with van der Waals surface area (Å²) in [6.45, 7) is 0.497. The first kappa shape index (κ1) is 25.2. The molecule has 0 aromatic heterocycles. The van der Waals surface area contributed by atoms with Gasteiger partial charge in [0.1, 0.15) is 30.8 Å². The van der Waals surface area contributed by atoms with Gasteiger partial charge < -0.3 is 25.1 Å². The Morgan fingerprint density at radius 2 is 1.76 bits per heavy atom. The maximum atomic E-state index is 11.0. The van der Waals surface area contributed by atoms with E-state index in [1.807, 2.05) is 36.4 Å². The second kappa shape index (κ2) is 11.6. The number of methoxy groups -OCH3 is 1. The van der Waals surface area contributed by atoms with Crippen LogP contribution < -0.4 is 19.9 Å². The molecule has 33 heavy (non-hydrogen) atoms. The molecule has 3 rings (SSSR count). The van der Waals surface area contributed by atoms with Crippen molar-refractivity contribution in [2.75, 3.05) is 7.11 Å². The SMILES string of the molecule is COc1ccc(OCc2cccc(Br)c2)c(COc2c(Cl)cc(C[C@H](N)C(=O)O)cc2Cl)c1. The van der Waals surface area contributed by atoms with E-state index in [-0.39, 0.29) is 28.8 Å². The van der Waals surface area contributed by atoms with Crippen LogP contribution in [0.25, 0.3) is 0 Å². The first-order chi connectivity index (χ1) is 15.8. The summed E-state index contributed by atoms with van der Waals surface area (Å²) in [5.74, 6) is 0.466. The smallest absolute Gasteiger partial charge is 0.320 e. The number of carbonyl (C=O) groups is 1. The number of rotatable bonds is 10. The van der Waals surface area contributed by atoms with Crippen LogP contribution in [0.2, 0.25) is 10.0 Å². The maximum Gasteiger partial charge on any atom is 0.320 e. The Bertz CT molecular complexity index is 1120. The standard InChI is InChI=1S/C24H22BrCl2NO5/c1-31-18-5-6-22(32-12-14-3-2-4-17(25)7-14)16(11-18)13-33-23-19(26)8-15(9-20(23)27)10-21(28)24(29)30/h2-9,11,21H,10,12-13,28H2,1H3,(H,29,30)/t21-/m0/s1. The summed E-state index contributed by atoms with van der Waals surface area (Å²) >= 11 is 16.2. The van der Waals surface area contributed by atoms with Crippen LogP contribution in [0.5, 0.6) is 17.2 Å². The number of hydrogen-bond acceptors (Lipinski definition) is 5. The van der Waals surface area contributed by atoms with Crippen molar-refractivity contribution in [2.24, 2.45) is 5.73 Å². The molecule has 0 unspecified atom stereocenters. The van der Waals surface area contributed by atoms with Crippen LogP contribution in [-0.4, -0.2) is 24.2 Å². The summed E-state index contributed by atoms with van der Waals surface area (Å²) in [5, 5.41) is 9.52. The Kier molecular flexibility index (Phi) is 8.86. The van der Waals surface area contributed by atoms with Gasteiger partial charge in [-0.25, -0.2) is 0 Å². The number of ether oxygens (including phenoxy) is 3. The number of hydrogen-bond donors (Lipinski definition) is 2. The van der Waals surface area contributed by atoms with E-state index in [2.05, 4.69) is 15.9 Å². The van der Waals surface area contributed by atoms with Gasteiger partial charge in [-0.05, 0) is 60.0 Å². The van der Waals surface area contributed by atoms with E-state index in [0.29, 0.717) is 23.7 Å². The molecule has 0 saturated heterocycles. The molecule has 6 nitrogen and oxygen atoms in total. The molecule has 3 N–H and O–H groups in total. The highest BCUT2D eigenvalue weighted by Crippen LogP contribution is 2.36. The van der Waals surface area contributed by atoms with Gasteiger partial charge in [0.15, 0.2) is 5.75 Å². The minimum atomic E-state index is -1.10. The molecule has 0 amide bonds. The molecule has 0 bridgehead atoms. The Morgan fingerprint density at radius 3 is 2.39 bits per heavy atom. The maximum absolute atomic E-state index is 11.0. The number of carboxylic acids is 1. The predicted octanol–water partition coefficient (Wildman–Crippen LogP) is 5.88. The molecule has 0 aliphatic rings. The van der Waals surface area contributed by atoms with Crippen molar-refractivity contribution in [3.8, 4) is 17.2 Å². The zero-order chi connectivity index (χ0) is 24.0. The molecule has 1 atom stereocenters. The number of aliphatic carboxylic acids is 1. The molecule has 0 aliphatic carbocycles. The van der Waals surface area contributed by atoms with E-state index >= 15 is 0 Å². The largest absolute Gasteiger partial charge is 0.497 e. The van der Waals surface area contributed by atoms with E-state index in [1.165, 1.54) is 0 Å². The second-order valence-corrected chi connectivity index (χ2v) is 8.95. The lowest BCUT2D eigenvalue weighted by Gasteiger charge is -2.16. The highest BCUT2D eigenvalue weighted by molar-refractivity contribution is 9.10. The van der Waals surface area contributed by atoms with Crippen LogP contribution in [-0.2, 0) is 24.4 Å². The molecule has 9 heteroatoms. The monoisotopic (exact) mass is 553 g/mol. The van der Waals surface area contributed by atoms with Crippen molar-refractivity contribution < 1.29 is 24.1 Å². The summed E-state index contributed by atoms with van der Waals surface area (Å²) in [7, 11) is 1.58. The van der Waals surface area contributed by atoms with Gasteiger partial charge in [0, 0.05) is 10.0 Å². The number of halogens is 3. The molecule has 3 aromatic carbocycles. The van der Waals surface area contributed by atoms with Gasteiger partial charge in [0.25, 0.3) is 0 Å².